The SMILES string of the molecule is COc1cc(C(C)=O)ccc1S(=O)(=O)Nc1noc2cc(Cn3cc(CNC(=O)OC(C)(C)C)cn3)cc(C)c12. The van der Waals surface area contributed by atoms with Crippen molar-refractivity contribution < 1.29 is 32.0 Å². The molecule has 0 saturated heterocycles. The number of hydrogen-bond acceptors (Lipinski definition) is 9. The fourth-order valence-electron chi connectivity index (χ4n) is 4.05. The molecule has 2 aromatic heterocycles. The number of alkyl carbamates (subject to hydrolysis) is 1. The number of fused-ring (bicyclic) bond motifs is 1. The third kappa shape index (κ3) is 6.60. The van der Waals surface area contributed by atoms with E-state index in [0.29, 0.717) is 23.1 Å². The molecule has 0 saturated carbocycles. The van der Waals surface area contributed by atoms with Gasteiger partial charge in [0, 0.05) is 23.9 Å². The molecule has 0 spiro atoms. The molecule has 0 unspecified atom stereocenters. The van der Waals surface area contributed by atoms with Gasteiger partial charge in [-0.2, -0.15) is 5.10 Å². The molecule has 2 N–H and O–H groups in total. The second-order valence-corrected chi connectivity index (χ2v) is 11.9. The minimum Gasteiger partial charge on any atom is -0.495 e. The number of ether oxygens (including phenoxy) is 2. The predicted molar refractivity (Wildman–Crippen MR) is 147 cm³/mol. The van der Waals surface area contributed by atoms with Crippen molar-refractivity contribution in [3.05, 3.63) is 65.0 Å². The molecular weight excluding hydrogens is 538 g/mol. The molecular formula is C27H31N5O7S. The number of sulfonamides is 1. The molecule has 212 valence electrons. The van der Waals surface area contributed by atoms with Crippen molar-refractivity contribution >= 4 is 38.7 Å². The Kier molecular flexibility index (Phi) is 7.87. The normalized spacial score (nSPS) is 11.8. The average Bonchev–Trinajstić information content (AvgIpc) is 3.47. The minimum absolute atomic E-state index is 0.0336. The molecule has 0 bridgehead atoms. The summed E-state index contributed by atoms with van der Waals surface area (Å²) in [5.74, 6) is -0.147. The molecule has 4 aromatic rings. The Morgan fingerprint density at radius 2 is 1.88 bits per heavy atom. The van der Waals surface area contributed by atoms with Crippen LogP contribution in [-0.4, -0.2) is 47.9 Å². The Morgan fingerprint density at radius 1 is 1.12 bits per heavy atom. The Bertz CT molecular complexity index is 1680. The van der Waals surface area contributed by atoms with Gasteiger partial charge in [0.05, 0.1) is 25.2 Å². The van der Waals surface area contributed by atoms with E-state index in [1.807, 2.05) is 19.2 Å². The summed E-state index contributed by atoms with van der Waals surface area (Å²) in [5, 5.41) is 11.5. The zero-order valence-electron chi connectivity index (χ0n) is 23.1. The molecule has 0 radical (unpaired) electrons. The van der Waals surface area contributed by atoms with Crippen molar-refractivity contribution in [1.29, 1.82) is 0 Å². The summed E-state index contributed by atoms with van der Waals surface area (Å²) in [6, 6.07) is 7.76. The van der Waals surface area contributed by atoms with E-state index >= 15 is 0 Å². The van der Waals surface area contributed by atoms with Gasteiger partial charge in [0.15, 0.2) is 17.2 Å². The van der Waals surface area contributed by atoms with Crippen LogP contribution in [-0.2, 0) is 27.8 Å². The monoisotopic (exact) mass is 569 g/mol. The van der Waals surface area contributed by atoms with Crippen LogP contribution in [0.5, 0.6) is 5.75 Å². The number of aryl methyl sites for hydroxylation is 1. The Balaban J connectivity index is 1.50. The maximum Gasteiger partial charge on any atom is 0.407 e. The minimum atomic E-state index is -4.12. The predicted octanol–water partition coefficient (Wildman–Crippen LogP) is 4.42. The van der Waals surface area contributed by atoms with Crippen LogP contribution in [0.25, 0.3) is 11.0 Å². The maximum atomic E-state index is 13.2. The average molecular weight is 570 g/mol. The summed E-state index contributed by atoms with van der Waals surface area (Å²) in [5.41, 5.74) is 2.53. The Labute approximate surface area is 231 Å². The number of hydrogen-bond donors (Lipinski definition) is 2. The van der Waals surface area contributed by atoms with E-state index in [4.69, 9.17) is 14.0 Å². The maximum absolute atomic E-state index is 13.2. The molecule has 0 fully saturated rings. The number of Topliss-reactive ketones (excluding diaryl/α,β-unsaturated/α-hetero) is 1. The van der Waals surface area contributed by atoms with Gasteiger partial charge < -0.3 is 19.3 Å². The molecule has 12 nitrogen and oxygen atoms in total. The van der Waals surface area contributed by atoms with Gasteiger partial charge in [-0.1, -0.05) is 11.2 Å². The standard InChI is InChI=1S/C27H31N5O7S/c1-16-9-18(14-32-15-19(13-29-32)12-28-26(34)38-27(3,4)5)10-22-24(16)25(30-39-22)31-40(35,36)23-8-7-20(17(2)33)11-21(23)37-6/h7-11,13,15H,12,14H2,1-6H3,(H,28,34)(H,30,31). The van der Waals surface area contributed by atoms with Crippen LogP contribution >= 0.6 is 0 Å². The van der Waals surface area contributed by atoms with E-state index in [9.17, 15) is 18.0 Å². The molecule has 1 amide bonds. The van der Waals surface area contributed by atoms with E-state index in [1.54, 1.807) is 37.7 Å². The fourth-order valence-corrected chi connectivity index (χ4v) is 5.21. The quantitative estimate of drug-likeness (QED) is 0.279. The van der Waals surface area contributed by atoms with Gasteiger partial charge in [-0.25, -0.2) is 13.2 Å². The van der Waals surface area contributed by atoms with Gasteiger partial charge in [-0.05, 0) is 70.0 Å². The first kappa shape index (κ1) is 28.6. The Hall–Kier alpha value is -4.39. The Morgan fingerprint density at radius 3 is 2.55 bits per heavy atom. The van der Waals surface area contributed by atoms with E-state index < -0.39 is 21.7 Å². The number of nitrogens with zero attached hydrogens (tertiary/aromatic N) is 3. The highest BCUT2D eigenvalue weighted by molar-refractivity contribution is 7.92. The van der Waals surface area contributed by atoms with Crippen LogP contribution in [0.4, 0.5) is 10.6 Å². The number of benzene rings is 2. The molecule has 13 heteroatoms. The molecule has 0 aliphatic rings. The van der Waals surface area contributed by atoms with Crippen LogP contribution < -0.4 is 14.8 Å². The third-order valence-corrected chi connectivity index (χ3v) is 7.17. The summed E-state index contributed by atoms with van der Waals surface area (Å²) in [4.78, 5) is 23.4. The van der Waals surface area contributed by atoms with E-state index in [0.717, 1.165) is 16.7 Å². The number of carbonyl (C=O) groups is 2. The summed E-state index contributed by atoms with van der Waals surface area (Å²) in [6.07, 6.45) is 2.95. The number of nitrogens with one attached hydrogen (secondary N) is 2. The summed E-state index contributed by atoms with van der Waals surface area (Å²) in [7, 11) is -2.79. The van der Waals surface area contributed by atoms with Crippen LogP contribution in [0.15, 0.2) is 52.1 Å². The van der Waals surface area contributed by atoms with E-state index in [2.05, 4.69) is 20.3 Å². The molecule has 2 heterocycles. The van der Waals surface area contributed by atoms with Crippen molar-refractivity contribution in [2.45, 2.75) is 58.2 Å². The van der Waals surface area contributed by atoms with Crippen LogP contribution in [0.1, 0.15) is 54.7 Å². The lowest BCUT2D eigenvalue weighted by atomic mass is 10.1. The first-order valence-corrected chi connectivity index (χ1v) is 13.8. The van der Waals surface area contributed by atoms with Crippen LogP contribution in [0, 0.1) is 6.92 Å². The third-order valence-electron chi connectivity index (χ3n) is 5.79. The fraction of sp³-hybridized carbons (Fsp3) is 0.333. The van der Waals surface area contributed by atoms with Crippen molar-refractivity contribution in [1.82, 2.24) is 20.3 Å². The van der Waals surface area contributed by atoms with Crippen molar-refractivity contribution in [2.24, 2.45) is 0 Å². The van der Waals surface area contributed by atoms with Gasteiger partial charge in [0.2, 0.25) is 0 Å². The molecule has 0 aliphatic carbocycles. The second-order valence-electron chi connectivity index (χ2n) is 10.2. The van der Waals surface area contributed by atoms with E-state index in [-0.39, 0.29) is 28.8 Å². The molecule has 2 aromatic carbocycles. The van der Waals surface area contributed by atoms with Crippen molar-refractivity contribution in [3.63, 3.8) is 0 Å². The summed E-state index contributed by atoms with van der Waals surface area (Å²) in [6.45, 7) is 9.26. The number of methoxy groups -OCH3 is 1. The lowest BCUT2D eigenvalue weighted by Crippen LogP contribution is -2.32. The highest BCUT2D eigenvalue weighted by Crippen LogP contribution is 2.32. The largest absolute Gasteiger partial charge is 0.495 e. The van der Waals surface area contributed by atoms with E-state index in [1.165, 1.54) is 32.2 Å². The number of anilines is 1. The molecule has 0 aliphatic heterocycles. The first-order chi connectivity index (χ1) is 18.8. The number of ketones is 1. The summed E-state index contributed by atoms with van der Waals surface area (Å²) >= 11 is 0. The van der Waals surface area contributed by atoms with Gasteiger partial charge in [0.25, 0.3) is 10.0 Å². The highest BCUT2D eigenvalue weighted by Gasteiger charge is 2.24. The van der Waals surface area contributed by atoms with Gasteiger partial charge >= 0.3 is 6.09 Å². The lowest BCUT2D eigenvalue weighted by Gasteiger charge is -2.19. The van der Waals surface area contributed by atoms with Crippen LogP contribution in [0.3, 0.4) is 0 Å². The van der Waals surface area contributed by atoms with Gasteiger partial charge in [-0.3, -0.25) is 14.2 Å². The zero-order chi connectivity index (χ0) is 29.2. The first-order valence-electron chi connectivity index (χ1n) is 12.3. The number of carbonyl (C=O) groups excluding carboxylic acids is 2. The van der Waals surface area contributed by atoms with Gasteiger partial charge in [0.1, 0.15) is 16.2 Å². The molecule has 4 rings (SSSR count). The van der Waals surface area contributed by atoms with Gasteiger partial charge in [-0.15, -0.1) is 0 Å². The molecule has 40 heavy (non-hydrogen) atoms. The number of amides is 1. The van der Waals surface area contributed by atoms with Crippen molar-refractivity contribution in [3.8, 4) is 5.75 Å². The topological polar surface area (TPSA) is 155 Å². The second kappa shape index (κ2) is 11.0. The highest BCUT2D eigenvalue weighted by atomic mass is 32.2. The van der Waals surface area contributed by atoms with Crippen LogP contribution in [0.2, 0.25) is 0 Å². The van der Waals surface area contributed by atoms with Crippen molar-refractivity contribution in [2.75, 3.05) is 11.8 Å². The number of rotatable bonds is 9. The zero-order valence-corrected chi connectivity index (χ0v) is 23.9. The number of aromatic nitrogens is 3. The smallest absolute Gasteiger partial charge is 0.407 e. The summed E-state index contributed by atoms with van der Waals surface area (Å²) < 4.78 is 46.5. The molecule has 0 atom stereocenters. The lowest BCUT2D eigenvalue weighted by molar-refractivity contribution is 0.0523.